The molecule has 0 heterocycles. The van der Waals surface area contributed by atoms with Crippen LogP contribution >= 0.6 is 0 Å². The van der Waals surface area contributed by atoms with Gasteiger partial charge in [-0.25, -0.2) is 8.78 Å². The number of ether oxygens (including phenoxy) is 1. The molecule has 0 saturated carbocycles. The third-order valence-corrected chi connectivity index (χ3v) is 2.82. The van der Waals surface area contributed by atoms with Gasteiger partial charge in [0.05, 0.1) is 0 Å². The second-order valence-corrected chi connectivity index (χ2v) is 4.69. The first-order valence-electron chi connectivity index (χ1n) is 6.65. The highest BCUT2D eigenvalue weighted by Crippen LogP contribution is 2.09. The number of hydrogen-bond donors (Lipinski definition) is 2. The SMILES string of the molecule is OC(CNCc1cc(F)cc(F)c1)COc1ccccc1. The van der Waals surface area contributed by atoms with Gasteiger partial charge in [-0.2, -0.15) is 0 Å². The summed E-state index contributed by atoms with van der Waals surface area (Å²) in [6.07, 6.45) is -0.705. The predicted molar refractivity (Wildman–Crippen MR) is 76.0 cm³/mol. The summed E-state index contributed by atoms with van der Waals surface area (Å²) < 4.78 is 31.4. The van der Waals surface area contributed by atoms with Crippen LogP contribution in [0, 0.1) is 11.6 Å². The summed E-state index contributed by atoms with van der Waals surface area (Å²) in [5.74, 6) is -0.539. The Morgan fingerprint density at radius 1 is 1.05 bits per heavy atom. The van der Waals surface area contributed by atoms with Gasteiger partial charge in [-0.1, -0.05) is 18.2 Å². The number of nitrogens with one attached hydrogen (secondary N) is 1. The van der Waals surface area contributed by atoms with E-state index >= 15 is 0 Å². The van der Waals surface area contributed by atoms with E-state index in [0.29, 0.717) is 11.3 Å². The number of para-hydroxylation sites is 1. The summed E-state index contributed by atoms with van der Waals surface area (Å²) in [6.45, 7) is 0.691. The van der Waals surface area contributed by atoms with Crippen molar-refractivity contribution in [2.75, 3.05) is 13.2 Å². The molecule has 21 heavy (non-hydrogen) atoms. The molecule has 2 aromatic carbocycles. The van der Waals surface area contributed by atoms with Gasteiger partial charge in [0, 0.05) is 19.2 Å². The van der Waals surface area contributed by atoms with E-state index in [1.807, 2.05) is 18.2 Å². The summed E-state index contributed by atoms with van der Waals surface area (Å²) in [5, 5.41) is 12.7. The summed E-state index contributed by atoms with van der Waals surface area (Å²) in [5.41, 5.74) is 0.490. The van der Waals surface area contributed by atoms with Gasteiger partial charge in [0.25, 0.3) is 0 Å². The van der Waals surface area contributed by atoms with Crippen LogP contribution < -0.4 is 10.1 Å². The lowest BCUT2D eigenvalue weighted by Crippen LogP contribution is -2.31. The summed E-state index contributed by atoms with van der Waals surface area (Å²) >= 11 is 0. The van der Waals surface area contributed by atoms with Gasteiger partial charge in [-0.3, -0.25) is 0 Å². The van der Waals surface area contributed by atoms with Crippen molar-refractivity contribution in [2.45, 2.75) is 12.6 Å². The average Bonchev–Trinajstić information content (AvgIpc) is 2.45. The second-order valence-electron chi connectivity index (χ2n) is 4.69. The van der Waals surface area contributed by atoms with Crippen molar-refractivity contribution in [3.8, 4) is 5.75 Å². The molecule has 0 spiro atoms. The third kappa shape index (κ3) is 5.49. The Balaban J connectivity index is 1.70. The molecule has 0 aromatic heterocycles. The van der Waals surface area contributed by atoms with E-state index < -0.39 is 17.7 Å². The summed E-state index contributed by atoms with van der Waals surface area (Å²) in [6, 6.07) is 12.5. The summed E-state index contributed by atoms with van der Waals surface area (Å²) in [7, 11) is 0. The molecule has 2 aromatic rings. The lowest BCUT2D eigenvalue weighted by molar-refractivity contribution is 0.106. The smallest absolute Gasteiger partial charge is 0.126 e. The normalized spacial score (nSPS) is 12.1. The van der Waals surface area contributed by atoms with Gasteiger partial charge in [-0.15, -0.1) is 0 Å². The van der Waals surface area contributed by atoms with Gasteiger partial charge in [0.1, 0.15) is 30.1 Å². The monoisotopic (exact) mass is 293 g/mol. The van der Waals surface area contributed by atoms with Crippen LogP contribution in [0.15, 0.2) is 48.5 Å². The fourth-order valence-corrected chi connectivity index (χ4v) is 1.86. The van der Waals surface area contributed by atoms with Crippen LogP contribution in [0.3, 0.4) is 0 Å². The molecule has 1 unspecified atom stereocenters. The topological polar surface area (TPSA) is 41.5 Å². The van der Waals surface area contributed by atoms with E-state index in [1.165, 1.54) is 12.1 Å². The number of aliphatic hydroxyl groups excluding tert-OH is 1. The van der Waals surface area contributed by atoms with Crippen molar-refractivity contribution >= 4 is 0 Å². The van der Waals surface area contributed by atoms with Crippen molar-refractivity contribution in [1.29, 1.82) is 0 Å². The highest BCUT2D eigenvalue weighted by Gasteiger charge is 2.06. The van der Waals surface area contributed by atoms with E-state index in [0.717, 1.165) is 6.07 Å². The van der Waals surface area contributed by atoms with Crippen LogP contribution in [0.4, 0.5) is 8.78 Å². The largest absolute Gasteiger partial charge is 0.491 e. The van der Waals surface area contributed by atoms with E-state index in [2.05, 4.69) is 5.32 Å². The maximum Gasteiger partial charge on any atom is 0.126 e. The molecule has 0 aliphatic heterocycles. The molecule has 0 aliphatic rings. The number of halogens is 2. The molecule has 2 rings (SSSR count). The zero-order chi connectivity index (χ0) is 15.1. The second kappa shape index (κ2) is 7.71. The minimum atomic E-state index is -0.705. The molecule has 0 aliphatic carbocycles. The van der Waals surface area contributed by atoms with Crippen LogP contribution in [0.1, 0.15) is 5.56 Å². The molecular weight excluding hydrogens is 276 g/mol. The number of hydrogen-bond acceptors (Lipinski definition) is 3. The first-order chi connectivity index (χ1) is 10.1. The van der Waals surface area contributed by atoms with E-state index in [4.69, 9.17) is 4.74 Å². The maximum atomic E-state index is 13.0. The number of benzene rings is 2. The zero-order valence-corrected chi connectivity index (χ0v) is 11.4. The molecule has 0 amide bonds. The molecule has 1 atom stereocenters. The molecule has 0 bridgehead atoms. The van der Waals surface area contributed by atoms with Crippen molar-refractivity contribution in [2.24, 2.45) is 0 Å². The Morgan fingerprint density at radius 3 is 2.38 bits per heavy atom. The maximum absolute atomic E-state index is 13.0. The summed E-state index contributed by atoms with van der Waals surface area (Å²) in [4.78, 5) is 0. The Labute approximate surface area is 122 Å². The van der Waals surface area contributed by atoms with Crippen LogP contribution in [0.25, 0.3) is 0 Å². The first kappa shape index (κ1) is 15.4. The van der Waals surface area contributed by atoms with Crippen molar-refractivity contribution in [3.05, 3.63) is 65.7 Å². The minimum Gasteiger partial charge on any atom is -0.491 e. The fraction of sp³-hybridized carbons (Fsp3) is 0.250. The van der Waals surface area contributed by atoms with Gasteiger partial charge < -0.3 is 15.2 Å². The Kier molecular flexibility index (Phi) is 5.66. The molecule has 2 N–H and O–H groups in total. The van der Waals surface area contributed by atoms with Crippen molar-refractivity contribution in [1.82, 2.24) is 5.32 Å². The highest BCUT2D eigenvalue weighted by atomic mass is 19.1. The molecular formula is C16H17F2NO2. The Hall–Kier alpha value is -1.98. The van der Waals surface area contributed by atoms with Crippen molar-refractivity contribution in [3.63, 3.8) is 0 Å². The van der Waals surface area contributed by atoms with Crippen LogP contribution in [0.2, 0.25) is 0 Å². The average molecular weight is 293 g/mol. The Bertz CT molecular complexity index is 543. The standard InChI is InChI=1S/C16H17F2NO2/c17-13-6-12(7-14(18)8-13)9-19-10-15(20)11-21-16-4-2-1-3-5-16/h1-8,15,19-20H,9-11H2. The number of rotatable bonds is 7. The van der Waals surface area contributed by atoms with Crippen molar-refractivity contribution < 1.29 is 18.6 Å². The molecule has 0 fully saturated rings. The van der Waals surface area contributed by atoms with Gasteiger partial charge in [0.15, 0.2) is 0 Å². The zero-order valence-electron chi connectivity index (χ0n) is 11.4. The minimum absolute atomic E-state index is 0.147. The van der Waals surface area contributed by atoms with Gasteiger partial charge in [-0.05, 0) is 29.8 Å². The molecule has 3 nitrogen and oxygen atoms in total. The number of aliphatic hydroxyl groups is 1. The molecule has 0 radical (unpaired) electrons. The van der Waals surface area contributed by atoms with E-state index in [9.17, 15) is 13.9 Å². The van der Waals surface area contributed by atoms with E-state index in [1.54, 1.807) is 12.1 Å². The van der Waals surface area contributed by atoms with Crippen LogP contribution in [-0.2, 0) is 6.54 Å². The predicted octanol–water partition coefficient (Wildman–Crippen LogP) is 2.49. The van der Waals surface area contributed by atoms with Crippen LogP contribution in [-0.4, -0.2) is 24.4 Å². The fourth-order valence-electron chi connectivity index (χ4n) is 1.86. The third-order valence-electron chi connectivity index (χ3n) is 2.82. The van der Waals surface area contributed by atoms with Gasteiger partial charge >= 0.3 is 0 Å². The lowest BCUT2D eigenvalue weighted by Gasteiger charge is -2.13. The molecule has 112 valence electrons. The first-order valence-corrected chi connectivity index (χ1v) is 6.65. The van der Waals surface area contributed by atoms with E-state index in [-0.39, 0.29) is 19.7 Å². The Morgan fingerprint density at radius 2 is 1.71 bits per heavy atom. The quantitative estimate of drug-likeness (QED) is 0.824. The molecule has 5 heteroatoms. The van der Waals surface area contributed by atoms with Crippen LogP contribution in [0.5, 0.6) is 5.75 Å². The lowest BCUT2D eigenvalue weighted by atomic mass is 10.2. The molecule has 0 saturated heterocycles. The highest BCUT2D eigenvalue weighted by molar-refractivity contribution is 5.21. The van der Waals surface area contributed by atoms with Gasteiger partial charge in [0.2, 0.25) is 0 Å².